The number of carbonyl (C=O) groups is 1. The standard InChI is InChI=1S/C15H30N2O2/c1-5-19-14(18)13(16)10-15(3,4)11-17-8-6-12(2)7-9-17/h12-13H,5-11,16H2,1-4H3. The molecule has 1 aliphatic rings. The van der Waals surface area contributed by atoms with E-state index in [0.29, 0.717) is 13.0 Å². The van der Waals surface area contributed by atoms with Gasteiger partial charge in [0.05, 0.1) is 6.61 Å². The molecule has 1 atom stereocenters. The topological polar surface area (TPSA) is 55.6 Å². The fourth-order valence-electron chi connectivity index (χ4n) is 2.82. The third-order valence-corrected chi connectivity index (χ3v) is 3.89. The van der Waals surface area contributed by atoms with Crippen LogP contribution in [0.5, 0.6) is 0 Å². The maximum absolute atomic E-state index is 11.6. The second-order valence-electron chi connectivity index (χ2n) is 6.69. The number of nitrogens with two attached hydrogens (primary N) is 1. The van der Waals surface area contributed by atoms with Crippen LogP contribution in [0.1, 0.15) is 47.0 Å². The summed E-state index contributed by atoms with van der Waals surface area (Å²) in [6.45, 7) is 12.2. The van der Waals surface area contributed by atoms with Crippen LogP contribution in [0.3, 0.4) is 0 Å². The van der Waals surface area contributed by atoms with Gasteiger partial charge in [-0.05, 0) is 50.6 Å². The van der Waals surface area contributed by atoms with Crippen molar-refractivity contribution in [3.8, 4) is 0 Å². The van der Waals surface area contributed by atoms with Crippen LogP contribution in [-0.4, -0.2) is 43.2 Å². The summed E-state index contributed by atoms with van der Waals surface area (Å²) in [6, 6.07) is -0.501. The molecule has 0 aromatic heterocycles. The number of likely N-dealkylation sites (tertiary alicyclic amines) is 1. The molecule has 4 nitrogen and oxygen atoms in total. The lowest BCUT2D eigenvalue weighted by Gasteiger charge is -2.37. The molecule has 1 heterocycles. The summed E-state index contributed by atoms with van der Waals surface area (Å²) in [5, 5.41) is 0. The van der Waals surface area contributed by atoms with Gasteiger partial charge in [-0.25, -0.2) is 0 Å². The molecular weight excluding hydrogens is 240 g/mol. The minimum Gasteiger partial charge on any atom is -0.465 e. The van der Waals surface area contributed by atoms with Crippen LogP contribution < -0.4 is 5.73 Å². The number of hydrogen-bond donors (Lipinski definition) is 1. The fourth-order valence-corrected chi connectivity index (χ4v) is 2.82. The molecule has 1 unspecified atom stereocenters. The largest absolute Gasteiger partial charge is 0.465 e. The Kier molecular flexibility index (Phi) is 6.27. The predicted octanol–water partition coefficient (Wildman–Crippen LogP) is 2.02. The number of hydrogen-bond acceptors (Lipinski definition) is 4. The molecule has 0 aliphatic carbocycles. The molecule has 0 radical (unpaired) electrons. The van der Waals surface area contributed by atoms with Crippen molar-refractivity contribution >= 4 is 5.97 Å². The van der Waals surface area contributed by atoms with Gasteiger partial charge in [0.15, 0.2) is 0 Å². The lowest BCUT2D eigenvalue weighted by molar-refractivity contribution is -0.145. The van der Waals surface area contributed by atoms with E-state index in [1.54, 1.807) is 0 Å². The van der Waals surface area contributed by atoms with Gasteiger partial charge in [-0.3, -0.25) is 4.79 Å². The van der Waals surface area contributed by atoms with Gasteiger partial charge in [0.2, 0.25) is 0 Å². The number of rotatable bonds is 6. The quantitative estimate of drug-likeness (QED) is 0.750. The van der Waals surface area contributed by atoms with Gasteiger partial charge in [0.25, 0.3) is 0 Å². The van der Waals surface area contributed by atoms with Crippen molar-refractivity contribution in [3.63, 3.8) is 0 Å². The summed E-state index contributed by atoms with van der Waals surface area (Å²) in [7, 11) is 0. The second kappa shape index (κ2) is 7.25. The molecule has 1 rings (SSSR count). The van der Waals surface area contributed by atoms with E-state index in [-0.39, 0.29) is 11.4 Å². The first kappa shape index (κ1) is 16.4. The van der Waals surface area contributed by atoms with Crippen LogP contribution in [-0.2, 0) is 9.53 Å². The van der Waals surface area contributed by atoms with Crippen LogP contribution in [0, 0.1) is 11.3 Å². The Bertz CT molecular complexity index is 284. The molecule has 19 heavy (non-hydrogen) atoms. The number of carbonyl (C=O) groups excluding carboxylic acids is 1. The zero-order chi connectivity index (χ0) is 14.5. The van der Waals surface area contributed by atoms with Crippen LogP contribution in [0.15, 0.2) is 0 Å². The van der Waals surface area contributed by atoms with E-state index in [0.717, 1.165) is 12.5 Å². The van der Waals surface area contributed by atoms with Gasteiger partial charge >= 0.3 is 5.97 Å². The highest BCUT2D eigenvalue weighted by atomic mass is 16.5. The van der Waals surface area contributed by atoms with Gasteiger partial charge < -0.3 is 15.4 Å². The zero-order valence-electron chi connectivity index (χ0n) is 12.9. The molecule has 0 amide bonds. The molecule has 0 saturated carbocycles. The predicted molar refractivity (Wildman–Crippen MR) is 77.8 cm³/mol. The molecule has 1 aliphatic heterocycles. The number of esters is 1. The minimum atomic E-state index is -0.501. The molecule has 2 N–H and O–H groups in total. The van der Waals surface area contributed by atoms with Gasteiger partial charge in [-0.1, -0.05) is 20.8 Å². The van der Waals surface area contributed by atoms with Crippen LogP contribution in [0.4, 0.5) is 0 Å². The van der Waals surface area contributed by atoms with Gasteiger partial charge in [-0.15, -0.1) is 0 Å². The van der Waals surface area contributed by atoms with Crippen LogP contribution >= 0.6 is 0 Å². The lowest BCUT2D eigenvalue weighted by atomic mass is 9.84. The highest BCUT2D eigenvalue weighted by molar-refractivity contribution is 5.75. The van der Waals surface area contributed by atoms with Crippen molar-refractivity contribution in [2.45, 2.75) is 53.0 Å². The Morgan fingerprint density at radius 2 is 2.00 bits per heavy atom. The average Bonchev–Trinajstić information content (AvgIpc) is 2.31. The van der Waals surface area contributed by atoms with E-state index in [1.807, 2.05) is 6.92 Å². The number of ether oxygens (including phenoxy) is 1. The molecule has 112 valence electrons. The van der Waals surface area contributed by atoms with E-state index in [1.165, 1.54) is 25.9 Å². The molecular formula is C15H30N2O2. The average molecular weight is 270 g/mol. The van der Waals surface area contributed by atoms with Gasteiger partial charge in [0.1, 0.15) is 6.04 Å². The first-order valence-corrected chi connectivity index (χ1v) is 7.48. The SMILES string of the molecule is CCOC(=O)C(N)CC(C)(C)CN1CCC(C)CC1. The molecule has 0 aromatic carbocycles. The maximum atomic E-state index is 11.6. The van der Waals surface area contributed by atoms with Crippen molar-refractivity contribution in [1.82, 2.24) is 4.90 Å². The first-order chi connectivity index (χ1) is 8.84. The van der Waals surface area contributed by atoms with E-state index in [4.69, 9.17) is 10.5 Å². The first-order valence-electron chi connectivity index (χ1n) is 7.48. The van der Waals surface area contributed by atoms with Gasteiger partial charge in [0, 0.05) is 6.54 Å². The smallest absolute Gasteiger partial charge is 0.322 e. The van der Waals surface area contributed by atoms with Crippen molar-refractivity contribution in [2.75, 3.05) is 26.2 Å². The van der Waals surface area contributed by atoms with Crippen LogP contribution in [0.25, 0.3) is 0 Å². The molecule has 0 aromatic rings. The number of nitrogens with zero attached hydrogens (tertiary/aromatic N) is 1. The Morgan fingerprint density at radius 1 is 1.42 bits per heavy atom. The summed E-state index contributed by atoms with van der Waals surface area (Å²) >= 11 is 0. The normalized spacial score (nSPS) is 20.3. The second-order valence-corrected chi connectivity index (χ2v) is 6.69. The molecule has 0 spiro atoms. The maximum Gasteiger partial charge on any atom is 0.322 e. The molecule has 4 heteroatoms. The van der Waals surface area contributed by atoms with Crippen molar-refractivity contribution in [3.05, 3.63) is 0 Å². The summed E-state index contributed by atoms with van der Waals surface area (Å²) in [6.07, 6.45) is 3.23. The minimum absolute atomic E-state index is 0.0484. The summed E-state index contributed by atoms with van der Waals surface area (Å²) in [4.78, 5) is 14.1. The molecule has 0 bridgehead atoms. The number of piperidine rings is 1. The third-order valence-electron chi connectivity index (χ3n) is 3.89. The highest BCUT2D eigenvalue weighted by Crippen LogP contribution is 2.26. The zero-order valence-corrected chi connectivity index (χ0v) is 12.9. The lowest BCUT2D eigenvalue weighted by Crippen LogP contribution is -2.44. The molecule has 1 fully saturated rings. The van der Waals surface area contributed by atoms with Crippen molar-refractivity contribution in [1.29, 1.82) is 0 Å². The van der Waals surface area contributed by atoms with E-state index in [9.17, 15) is 4.79 Å². The fraction of sp³-hybridized carbons (Fsp3) is 0.933. The Balaban J connectivity index is 2.40. The molecule has 1 saturated heterocycles. The van der Waals surface area contributed by atoms with E-state index >= 15 is 0 Å². The van der Waals surface area contributed by atoms with Crippen LogP contribution in [0.2, 0.25) is 0 Å². The van der Waals surface area contributed by atoms with E-state index in [2.05, 4.69) is 25.7 Å². The van der Waals surface area contributed by atoms with Crippen molar-refractivity contribution < 1.29 is 9.53 Å². The van der Waals surface area contributed by atoms with E-state index < -0.39 is 6.04 Å². The summed E-state index contributed by atoms with van der Waals surface area (Å²) in [5.41, 5.74) is 5.97. The Hall–Kier alpha value is -0.610. The Morgan fingerprint density at radius 3 is 2.53 bits per heavy atom. The monoisotopic (exact) mass is 270 g/mol. The van der Waals surface area contributed by atoms with Gasteiger partial charge in [-0.2, -0.15) is 0 Å². The highest BCUT2D eigenvalue weighted by Gasteiger charge is 2.29. The summed E-state index contributed by atoms with van der Waals surface area (Å²) < 4.78 is 4.98. The Labute approximate surface area is 117 Å². The van der Waals surface area contributed by atoms with Crippen molar-refractivity contribution in [2.24, 2.45) is 17.1 Å². The summed E-state index contributed by atoms with van der Waals surface area (Å²) in [5.74, 6) is 0.573. The third kappa shape index (κ3) is 5.91.